The minimum Gasteiger partial charge on any atom is -0.261 e. The normalized spacial score (nSPS) is 12.2. The number of furan rings is 1. The predicted octanol–water partition coefficient (Wildman–Crippen LogP) is 8.88. The summed E-state index contributed by atoms with van der Waals surface area (Å²) in [5, 5.41) is 5.72. The van der Waals surface area contributed by atoms with Gasteiger partial charge in [0.15, 0.2) is 0 Å². The van der Waals surface area contributed by atoms with E-state index in [9.17, 15) is 0 Å². The van der Waals surface area contributed by atoms with E-state index in [1.807, 2.05) is 19.2 Å². The van der Waals surface area contributed by atoms with Crippen molar-refractivity contribution < 1.29 is 4.42 Å². The number of para-hydroxylation sites is 1. The van der Waals surface area contributed by atoms with Gasteiger partial charge in [-0.05, 0) is 13.0 Å². The molecule has 0 N–H and O–H groups in total. The summed E-state index contributed by atoms with van der Waals surface area (Å²) in [4.78, 5) is 14.2. The van der Waals surface area contributed by atoms with E-state index in [2.05, 4.69) is 96.8 Å². The molecular formula is C35H31GeN3O. The second kappa shape index (κ2) is 9.00. The summed E-state index contributed by atoms with van der Waals surface area (Å²) < 4.78 is 8.16. The molecule has 40 heavy (non-hydrogen) atoms. The van der Waals surface area contributed by atoms with Crippen molar-refractivity contribution in [1.29, 1.82) is 0 Å². The number of fused-ring (bicyclic) bond motifs is 6. The SMILES string of the molecule is Cc1ccc(-c2ccc3c(c2)oc2c(-c4ncnc5c4ccc4cc(C)[c]([Ge]([CH3])([CH3])[CH3])c(C)c45)cccc23)cn1. The van der Waals surface area contributed by atoms with E-state index in [0.717, 1.165) is 60.9 Å². The van der Waals surface area contributed by atoms with Crippen molar-refractivity contribution in [3.63, 3.8) is 0 Å². The molecule has 0 amide bonds. The van der Waals surface area contributed by atoms with Crippen LogP contribution in [0.3, 0.4) is 0 Å². The van der Waals surface area contributed by atoms with Crippen LogP contribution in [0.4, 0.5) is 0 Å². The van der Waals surface area contributed by atoms with Crippen molar-refractivity contribution in [2.24, 2.45) is 0 Å². The fourth-order valence-electron chi connectivity index (χ4n) is 6.56. The van der Waals surface area contributed by atoms with E-state index < -0.39 is 13.3 Å². The second-order valence-electron chi connectivity index (χ2n) is 11.9. The van der Waals surface area contributed by atoms with Crippen molar-refractivity contribution in [1.82, 2.24) is 15.0 Å². The van der Waals surface area contributed by atoms with E-state index in [4.69, 9.17) is 14.4 Å². The molecule has 3 aromatic heterocycles. The third-order valence-corrected chi connectivity index (χ3v) is 12.9. The minimum atomic E-state index is -2.11. The zero-order valence-electron chi connectivity index (χ0n) is 23.8. The van der Waals surface area contributed by atoms with E-state index in [-0.39, 0.29) is 0 Å². The first-order valence-electron chi connectivity index (χ1n) is 13.8. The molecule has 5 heteroatoms. The average Bonchev–Trinajstić information content (AvgIpc) is 3.30. The van der Waals surface area contributed by atoms with E-state index >= 15 is 0 Å². The third-order valence-electron chi connectivity index (χ3n) is 8.10. The number of hydrogen-bond acceptors (Lipinski definition) is 4. The summed E-state index contributed by atoms with van der Waals surface area (Å²) in [6, 6.07) is 23.6. The van der Waals surface area contributed by atoms with Crippen molar-refractivity contribution in [2.75, 3.05) is 0 Å². The molecule has 196 valence electrons. The first-order valence-corrected chi connectivity index (χ1v) is 21.1. The van der Waals surface area contributed by atoms with Crippen molar-refractivity contribution in [3.05, 3.63) is 96.1 Å². The molecule has 3 heterocycles. The van der Waals surface area contributed by atoms with Crippen molar-refractivity contribution >= 4 is 61.3 Å². The summed E-state index contributed by atoms with van der Waals surface area (Å²) in [6.45, 7) is 6.54. The van der Waals surface area contributed by atoms with Gasteiger partial charge in [0.2, 0.25) is 0 Å². The van der Waals surface area contributed by atoms with Gasteiger partial charge in [0.1, 0.15) is 0 Å². The Labute approximate surface area is 236 Å². The van der Waals surface area contributed by atoms with Crippen LogP contribution in [-0.2, 0) is 0 Å². The van der Waals surface area contributed by atoms with Gasteiger partial charge in [-0.1, -0.05) is 6.07 Å². The maximum Gasteiger partial charge on any atom is 0.0349 e. The molecule has 7 aromatic rings. The third kappa shape index (κ3) is 3.85. The maximum atomic E-state index is 6.59. The van der Waals surface area contributed by atoms with Crippen LogP contribution in [0.15, 0.2) is 83.7 Å². The molecule has 0 bridgehead atoms. The van der Waals surface area contributed by atoms with Crippen LogP contribution in [0.1, 0.15) is 16.8 Å². The number of nitrogens with zero attached hydrogens (tertiary/aromatic N) is 3. The molecule has 0 atom stereocenters. The van der Waals surface area contributed by atoms with Gasteiger partial charge in [-0.25, -0.2) is 0 Å². The second-order valence-corrected chi connectivity index (χ2v) is 22.4. The largest absolute Gasteiger partial charge is 0.261 e. The molecular weight excluding hydrogens is 551 g/mol. The summed E-state index contributed by atoms with van der Waals surface area (Å²) in [5.41, 5.74) is 10.5. The Morgan fingerprint density at radius 2 is 1.52 bits per heavy atom. The van der Waals surface area contributed by atoms with E-state index in [1.54, 1.807) is 10.7 Å². The van der Waals surface area contributed by atoms with Gasteiger partial charge < -0.3 is 0 Å². The molecule has 0 saturated heterocycles. The molecule has 0 spiro atoms. The summed E-state index contributed by atoms with van der Waals surface area (Å²) in [5.74, 6) is 7.40. The van der Waals surface area contributed by atoms with E-state index in [0.29, 0.717) is 0 Å². The summed E-state index contributed by atoms with van der Waals surface area (Å²) in [6.07, 6.45) is 3.62. The minimum absolute atomic E-state index is 0.850. The van der Waals surface area contributed by atoms with Crippen LogP contribution < -0.4 is 4.40 Å². The Balaban J connectivity index is 1.47. The predicted molar refractivity (Wildman–Crippen MR) is 170 cm³/mol. The fraction of sp³-hybridized carbons (Fsp3) is 0.171. The fourth-order valence-corrected chi connectivity index (χ4v) is 11.8. The smallest absolute Gasteiger partial charge is 0.0349 e. The standard InChI is InChI=1S/C35H31GeN3O/c1-20-16-24-13-15-28-33(38-19-39-34(28)31(24)22(3)32(20)36(4,5)6)29-9-7-8-27-26-14-12-23(17-30(26)40-35(27)29)25-11-10-21(2)37-18-25/h7-19H,1-6H3. The summed E-state index contributed by atoms with van der Waals surface area (Å²) in [7, 11) is 0. The number of pyridine rings is 1. The Hall–Kier alpha value is -4.03. The van der Waals surface area contributed by atoms with Crippen LogP contribution >= 0.6 is 0 Å². The number of hydrogen-bond donors (Lipinski definition) is 0. The van der Waals surface area contributed by atoms with E-state index in [1.165, 1.54) is 21.9 Å². The summed E-state index contributed by atoms with van der Waals surface area (Å²) >= 11 is -2.11. The Morgan fingerprint density at radius 3 is 2.30 bits per heavy atom. The first kappa shape index (κ1) is 25.0. The van der Waals surface area contributed by atoms with Crippen LogP contribution in [0.2, 0.25) is 17.3 Å². The number of aryl methyl sites for hydroxylation is 3. The average molecular weight is 582 g/mol. The van der Waals surface area contributed by atoms with Crippen LogP contribution in [0.25, 0.3) is 66.0 Å². The number of benzene rings is 4. The molecule has 0 aliphatic heterocycles. The molecule has 0 aliphatic carbocycles. The van der Waals surface area contributed by atoms with Crippen molar-refractivity contribution in [2.45, 2.75) is 38.0 Å². The van der Waals surface area contributed by atoms with Gasteiger partial charge in [0.05, 0.1) is 0 Å². The molecule has 7 rings (SSSR count). The topological polar surface area (TPSA) is 51.8 Å². The van der Waals surface area contributed by atoms with Gasteiger partial charge >= 0.3 is 196 Å². The molecule has 0 fully saturated rings. The number of aromatic nitrogens is 3. The van der Waals surface area contributed by atoms with Gasteiger partial charge in [-0.2, -0.15) is 0 Å². The van der Waals surface area contributed by atoms with Crippen LogP contribution in [-0.4, -0.2) is 28.2 Å². The molecule has 0 aliphatic rings. The van der Waals surface area contributed by atoms with Gasteiger partial charge in [-0.3, -0.25) is 4.98 Å². The Morgan fingerprint density at radius 1 is 0.725 bits per heavy atom. The molecule has 4 nitrogen and oxygen atoms in total. The Kier molecular flexibility index (Phi) is 5.62. The zero-order valence-corrected chi connectivity index (χ0v) is 25.9. The first-order chi connectivity index (χ1) is 19.2. The quantitative estimate of drug-likeness (QED) is 0.154. The Bertz CT molecular complexity index is 2120. The monoisotopic (exact) mass is 583 g/mol. The van der Waals surface area contributed by atoms with Crippen LogP contribution in [0.5, 0.6) is 0 Å². The van der Waals surface area contributed by atoms with Gasteiger partial charge in [-0.15, -0.1) is 0 Å². The maximum absolute atomic E-state index is 6.59. The van der Waals surface area contributed by atoms with Gasteiger partial charge in [0.25, 0.3) is 0 Å². The van der Waals surface area contributed by atoms with Crippen molar-refractivity contribution in [3.8, 4) is 22.4 Å². The molecule has 0 saturated carbocycles. The molecule has 0 unspecified atom stereocenters. The zero-order chi connectivity index (χ0) is 27.8. The van der Waals surface area contributed by atoms with Crippen LogP contribution in [0, 0.1) is 20.8 Å². The molecule has 0 radical (unpaired) electrons. The van der Waals surface area contributed by atoms with Gasteiger partial charge in [0, 0.05) is 17.5 Å². The molecule has 4 aromatic carbocycles. The number of rotatable bonds is 3.